The van der Waals surface area contributed by atoms with Crippen molar-refractivity contribution in [2.45, 2.75) is 38.3 Å². The molecule has 0 spiro atoms. The van der Waals surface area contributed by atoms with Crippen LogP contribution in [0.3, 0.4) is 0 Å². The minimum absolute atomic E-state index is 0. The summed E-state index contributed by atoms with van der Waals surface area (Å²) in [6, 6.07) is 22.9. The average Bonchev–Trinajstić information content (AvgIpc) is 3.07. The number of aliphatic hydroxyl groups is 1. The van der Waals surface area contributed by atoms with E-state index in [0.717, 1.165) is 40.8 Å². The smallest absolute Gasteiger partial charge is 1.00 e. The number of hydrogen-bond acceptors (Lipinski definition) is 1. The molecule has 0 amide bonds. The van der Waals surface area contributed by atoms with Gasteiger partial charge in [0.25, 0.3) is 0 Å². The van der Waals surface area contributed by atoms with Crippen molar-refractivity contribution >= 4 is 42.4 Å². The quantitative estimate of drug-likeness (QED) is 0.469. The first-order chi connectivity index (χ1) is 15.0. The Morgan fingerprint density at radius 3 is 1.88 bits per heavy atom. The third kappa shape index (κ3) is 4.89. The summed E-state index contributed by atoms with van der Waals surface area (Å²) in [7, 11) is -0.788. The summed E-state index contributed by atoms with van der Waals surface area (Å²) in [5.74, 6) is 0.413. The van der Waals surface area contributed by atoms with E-state index < -0.39 is 8.41 Å². The van der Waals surface area contributed by atoms with Gasteiger partial charge in [0.2, 0.25) is 0 Å². The molecule has 0 fully saturated rings. The van der Waals surface area contributed by atoms with E-state index in [1.807, 2.05) is 12.1 Å². The first-order valence-corrected chi connectivity index (χ1v) is 13.5. The van der Waals surface area contributed by atoms with Crippen molar-refractivity contribution in [2.24, 2.45) is 0 Å². The van der Waals surface area contributed by atoms with E-state index in [0.29, 0.717) is 15.8 Å². The molecule has 0 aromatic heterocycles. The second-order valence-electron chi connectivity index (χ2n) is 8.28. The predicted octanol–water partition coefficient (Wildman–Crippen LogP) is 1.93. The van der Waals surface area contributed by atoms with Crippen molar-refractivity contribution in [2.75, 3.05) is 0 Å². The summed E-state index contributed by atoms with van der Waals surface area (Å²) in [5.41, 5.74) is 8.07. The molecule has 3 aromatic carbocycles. The summed E-state index contributed by atoms with van der Waals surface area (Å²) in [6.07, 6.45) is 0.846. The number of halogens is 4. The average molecular weight is 582 g/mol. The molecule has 3 aromatic rings. The molecule has 5 rings (SSSR count). The van der Waals surface area contributed by atoms with Crippen molar-refractivity contribution < 1.29 is 51.6 Å². The molecular weight excluding hydrogens is 558 g/mol. The van der Waals surface area contributed by atoms with Gasteiger partial charge in [-0.2, -0.15) is 0 Å². The third-order valence-corrected chi connectivity index (χ3v) is 10.2. The summed E-state index contributed by atoms with van der Waals surface area (Å²) >= 11 is 12.9. The van der Waals surface area contributed by atoms with Gasteiger partial charge < -0.3 is 29.9 Å². The molecule has 1 N–H and O–H groups in total. The van der Waals surface area contributed by atoms with Crippen molar-refractivity contribution in [3.05, 3.63) is 98.7 Å². The van der Waals surface area contributed by atoms with Gasteiger partial charge in [0.1, 0.15) is 5.76 Å². The van der Waals surface area contributed by atoms with Gasteiger partial charge in [-0.05, 0) is 81.3 Å². The molecule has 0 radical (unpaired) electrons. The summed E-state index contributed by atoms with van der Waals surface area (Å²) < 4.78 is 0. The molecule has 34 heavy (non-hydrogen) atoms. The molecule has 0 bridgehead atoms. The van der Waals surface area contributed by atoms with Crippen LogP contribution in [0, 0.1) is 0 Å². The van der Waals surface area contributed by atoms with Gasteiger partial charge in [-0.1, -0.05) is 73.4 Å². The second-order valence-corrected chi connectivity index (χ2v) is 12.4. The Labute approximate surface area is 240 Å². The molecule has 0 saturated carbocycles. The maximum Gasteiger partial charge on any atom is 2.00 e. The fourth-order valence-corrected chi connectivity index (χ4v) is 7.90. The van der Waals surface area contributed by atoms with Crippen LogP contribution < -0.4 is 24.8 Å². The Bertz CT molecular complexity index is 1230. The minimum atomic E-state index is -0.788. The molecule has 0 saturated heterocycles. The number of allylic oxidation sites excluding steroid dienone is 2. The second kappa shape index (κ2) is 11.9. The molecule has 0 atom stereocenters. The molecule has 174 valence electrons. The molecule has 7 heteroatoms. The van der Waals surface area contributed by atoms with E-state index in [9.17, 15) is 5.11 Å². The molecule has 1 nitrogen and oxygen atoms in total. The van der Waals surface area contributed by atoms with Gasteiger partial charge in [0.15, 0.2) is 0 Å². The van der Waals surface area contributed by atoms with Crippen LogP contribution in [-0.2, 0) is 28.1 Å². The zero-order chi connectivity index (χ0) is 21.7. The standard InChI is InChI=1S/C27H24Cl2OSi.2ClH.Ti/c1-3-31(4-2)24-13-16-7-5-6-8-19(16)26(27(24)30)25-22-14-17(28)9-11-20(22)21-12-10-18(29)15-23(21)25;;;/h5-12,14-15,25,30H,3-4,13H2,1-2H3;2*1H;/q;;;+2/p-2. The van der Waals surface area contributed by atoms with E-state index >= 15 is 0 Å². The normalized spacial score (nSPS) is 13.7. The van der Waals surface area contributed by atoms with E-state index in [1.165, 1.54) is 21.9 Å². The fourth-order valence-electron chi connectivity index (χ4n) is 5.28. The largest absolute Gasteiger partial charge is 2.00 e. The summed E-state index contributed by atoms with van der Waals surface area (Å²) in [5, 5.41) is 14.4. The fraction of sp³-hybridized carbons (Fsp3) is 0.222. The van der Waals surface area contributed by atoms with Gasteiger partial charge in [0, 0.05) is 29.9 Å². The van der Waals surface area contributed by atoms with Crippen LogP contribution in [0.4, 0.5) is 0 Å². The first kappa shape index (κ1) is 29.4. The molecule has 0 heterocycles. The molecule has 2 aliphatic rings. The Morgan fingerprint density at radius 1 is 0.824 bits per heavy atom. The van der Waals surface area contributed by atoms with E-state index in [2.05, 4.69) is 62.4 Å². The minimum Gasteiger partial charge on any atom is -1.00 e. The monoisotopic (exact) mass is 580 g/mol. The van der Waals surface area contributed by atoms with Crippen LogP contribution in [0.1, 0.15) is 42.0 Å². The van der Waals surface area contributed by atoms with Gasteiger partial charge in [-0.3, -0.25) is 0 Å². The maximum atomic E-state index is 11.8. The summed E-state index contributed by atoms with van der Waals surface area (Å²) in [6.45, 7) is 4.50. The topological polar surface area (TPSA) is 20.2 Å². The van der Waals surface area contributed by atoms with Crippen LogP contribution in [0.25, 0.3) is 16.7 Å². The van der Waals surface area contributed by atoms with Crippen LogP contribution in [0.5, 0.6) is 0 Å². The molecule has 2 aliphatic carbocycles. The van der Waals surface area contributed by atoms with Gasteiger partial charge in [-0.25, -0.2) is 0 Å². The zero-order valence-corrected chi connectivity index (χ0v) is 24.5. The Morgan fingerprint density at radius 2 is 1.35 bits per heavy atom. The van der Waals surface area contributed by atoms with Crippen LogP contribution in [0.2, 0.25) is 22.1 Å². The molecule has 0 aliphatic heterocycles. The third-order valence-electron chi connectivity index (χ3n) is 6.72. The zero-order valence-electron chi connectivity index (χ0n) is 18.9. The number of aliphatic hydroxyl groups excluding tert-OH is 1. The van der Waals surface area contributed by atoms with Crippen molar-refractivity contribution in [1.29, 1.82) is 0 Å². The van der Waals surface area contributed by atoms with Crippen molar-refractivity contribution in [3.63, 3.8) is 0 Å². The van der Waals surface area contributed by atoms with Crippen LogP contribution in [-0.4, -0.2) is 18.7 Å². The van der Waals surface area contributed by atoms with Gasteiger partial charge in [0.05, 0.1) is 0 Å². The van der Waals surface area contributed by atoms with Gasteiger partial charge >= 0.3 is 21.7 Å². The van der Waals surface area contributed by atoms with Crippen molar-refractivity contribution in [3.8, 4) is 11.1 Å². The number of fused-ring (bicyclic) bond motifs is 4. The van der Waals surface area contributed by atoms with Crippen LogP contribution >= 0.6 is 23.2 Å². The SMILES string of the molecule is CC[Si](CC)=C1Cc2ccccc2C(C2c3cc(Cl)ccc3-c3ccc(Cl)cc32)=C1O.[Cl-].[Cl-].[Ti+2]. The Kier molecular flexibility index (Phi) is 10.3. The summed E-state index contributed by atoms with van der Waals surface area (Å²) in [4.78, 5) is 0. The Hall–Kier alpha value is -0.839. The maximum absolute atomic E-state index is 11.8. The number of hydrogen-bond donors (Lipinski definition) is 1. The Balaban J connectivity index is 0.00000136. The first-order valence-electron chi connectivity index (χ1n) is 10.8. The number of rotatable bonds is 3. The molecule has 0 unspecified atom stereocenters. The molecular formula is C27H24Cl4OSiTi. The van der Waals surface area contributed by atoms with E-state index in [1.54, 1.807) is 0 Å². The van der Waals surface area contributed by atoms with Gasteiger partial charge in [-0.15, -0.1) is 0 Å². The van der Waals surface area contributed by atoms with E-state index in [4.69, 9.17) is 23.2 Å². The van der Waals surface area contributed by atoms with Crippen LogP contribution in [0.15, 0.2) is 66.4 Å². The van der Waals surface area contributed by atoms with E-state index in [-0.39, 0.29) is 52.4 Å². The number of benzene rings is 3. The predicted molar refractivity (Wildman–Crippen MR) is 135 cm³/mol. The van der Waals surface area contributed by atoms with Crippen molar-refractivity contribution in [1.82, 2.24) is 0 Å².